The van der Waals surface area contributed by atoms with Gasteiger partial charge in [-0.15, -0.1) is 12.4 Å². The number of nitrogens with two attached hydrogens (primary N) is 1. The summed E-state index contributed by atoms with van der Waals surface area (Å²) < 4.78 is 0. The Morgan fingerprint density at radius 3 is 2.00 bits per heavy atom. The minimum absolute atomic E-state index is 0. The summed E-state index contributed by atoms with van der Waals surface area (Å²) in [4.78, 5) is 9.57. The Labute approximate surface area is 47.9 Å². The molecule has 0 fully saturated rings. The molecule has 0 amide bonds. The fourth-order valence-corrected chi connectivity index (χ4v) is 0. The van der Waals surface area contributed by atoms with Gasteiger partial charge in [0.1, 0.15) is 6.04 Å². The molecule has 0 radical (unpaired) electrons. The molecule has 3 N–H and O–H groups in total. The second-order valence-electron chi connectivity index (χ2n) is 1.13. The van der Waals surface area contributed by atoms with Crippen molar-refractivity contribution in [1.29, 1.82) is 0 Å². The zero-order valence-corrected chi connectivity index (χ0v) is 4.73. The molecular formula is C3H8ClNO2. The average Bonchev–Trinajstić information content (AvgIpc) is 1.36. The second kappa shape index (κ2) is 3.89. The molecule has 44 valence electrons. The summed E-state index contributed by atoms with van der Waals surface area (Å²) in [5, 5.41) is 7.87. The predicted molar refractivity (Wildman–Crippen MR) is 28.5 cm³/mol. The highest BCUT2D eigenvalue weighted by molar-refractivity contribution is 5.85. The van der Waals surface area contributed by atoms with Crippen LogP contribution in [-0.4, -0.2) is 17.1 Å². The number of hydrogen-bond donors (Lipinski definition) is 2. The molecule has 0 heterocycles. The molecular weight excluding hydrogens is 117 g/mol. The maximum absolute atomic E-state index is 9.57. The standard InChI is InChI=1S/C3H7NO2.ClH/c1-2(4)3(5)6;/h2H,4H2,1H3,(H,5,6);1H/t2-;/m1./s1. The minimum Gasteiger partial charge on any atom is -0.480 e. The van der Waals surface area contributed by atoms with Crippen molar-refractivity contribution in [2.75, 3.05) is 0 Å². The van der Waals surface area contributed by atoms with Gasteiger partial charge in [0.2, 0.25) is 0 Å². The summed E-state index contributed by atoms with van der Waals surface area (Å²) in [5.41, 5.74) is 4.84. The first-order valence-corrected chi connectivity index (χ1v) is 1.63. The Kier molecular flexibility index (Phi) is 5.49. The maximum Gasteiger partial charge on any atom is 0.320 e. The first-order chi connectivity index (χ1) is 2.64. The fourth-order valence-electron chi connectivity index (χ4n) is 0. The van der Waals surface area contributed by atoms with E-state index in [1.165, 1.54) is 6.92 Å². The molecule has 0 saturated carbocycles. The lowest BCUT2D eigenvalue weighted by atomic mass is 10.4. The highest BCUT2D eigenvalue weighted by atomic mass is 35.5. The van der Waals surface area contributed by atoms with Gasteiger partial charge in [-0.05, 0) is 6.92 Å². The van der Waals surface area contributed by atoms with Gasteiger partial charge >= 0.3 is 5.97 Å². The molecule has 0 spiro atoms. The molecule has 0 saturated heterocycles. The predicted octanol–water partition coefficient (Wildman–Crippen LogP) is -0.160. The molecule has 0 aliphatic rings. The lowest BCUT2D eigenvalue weighted by molar-refractivity contribution is -0.138. The molecule has 0 unspecified atom stereocenters. The van der Waals surface area contributed by atoms with Crippen LogP contribution in [0.5, 0.6) is 0 Å². The number of carboxylic acids is 1. The first kappa shape index (κ1) is 9.87. The maximum atomic E-state index is 9.57. The van der Waals surface area contributed by atoms with E-state index >= 15 is 0 Å². The third-order valence-electron chi connectivity index (χ3n) is 0.390. The van der Waals surface area contributed by atoms with Gasteiger partial charge in [-0.2, -0.15) is 0 Å². The van der Waals surface area contributed by atoms with Gasteiger partial charge < -0.3 is 10.8 Å². The van der Waals surface area contributed by atoms with Gasteiger partial charge in [0.25, 0.3) is 0 Å². The van der Waals surface area contributed by atoms with Crippen molar-refractivity contribution in [2.45, 2.75) is 13.0 Å². The van der Waals surface area contributed by atoms with Crippen LogP contribution in [0.4, 0.5) is 0 Å². The summed E-state index contributed by atoms with van der Waals surface area (Å²) in [5.74, 6) is -0.963. The zero-order chi connectivity index (χ0) is 5.15. The van der Waals surface area contributed by atoms with E-state index < -0.39 is 12.0 Å². The van der Waals surface area contributed by atoms with Crippen molar-refractivity contribution in [1.82, 2.24) is 0 Å². The van der Waals surface area contributed by atoms with Crippen molar-refractivity contribution in [2.24, 2.45) is 5.73 Å². The zero-order valence-electron chi connectivity index (χ0n) is 3.92. The monoisotopic (exact) mass is 125 g/mol. The number of rotatable bonds is 1. The summed E-state index contributed by atoms with van der Waals surface area (Å²) in [6.45, 7) is 1.42. The van der Waals surface area contributed by atoms with Gasteiger partial charge in [-0.1, -0.05) is 0 Å². The smallest absolute Gasteiger partial charge is 0.320 e. The molecule has 0 rings (SSSR count). The molecule has 0 aromatic rings. The van der Waals surface area contributed by atoms with E-state index in [9.17, 15) is 4.79 Å². The minimum atomic E-state index is -0.963. The Morgan fingerprint density at radius 2 is 2.00 bits per heavy atom. The van der Waals surface area contributed by atoms with Gasteiger partial charge in [-0.25, -0.2) is 0 Å². The molecule has 7 heavy (non-hydrogen) atoms. The summed E-state index contributed by atoms with van der Waals surface area (Å²) >= 11 is 0. The van der Waals surface area contributed by atoms with Gasteiger partial charge in [0.05, 0.1) is 0 Å². The molecule has 4 heteroatoms. The third-order valence-corrected chi connectivity index (χ3v) is 0.390. The highest BCUT2D eigenvalue weighted by Crippen LogP contribution is 1.68. The van der Waals surface area contributed by atoms with E-state index in [1.807, 2.05) is 0 Å². The normalized spacial score (nSPS) is 11.7. The lowest BCUT2D eigenvalue weighted by Gasteiger charge is -1.90. The Hall–Kier alpha value is -0.280. The highest BCUT2D eigenvalue weighted by Gasteiger charge is 1.99. The number of carbonyl (C=O) groups is 1. The molecule has 0 aromatic heterocycles. The average molecular weight is 126 g/mol. The van der Waals surface area contributed by atoms with Crippen LogP contribution in [0.2, 0.25) is 0 Å². The molecule has 0 aliphatic carbocycles. The van der Waals surface area contributed by atoms with Crippen molar-refractivity contribution in [3.05, 3.63) is 0 Å². The SMILES string of the molecule is C[C@@H](N)C(=O)O.Cl. The summed E-state index contributed by atoms with van der Waals surface area (Å²) in [7, 11) is 0. The Balaban J connectivity index is 0. The molecule has 0 bridgehead atoms. The van der Waals surface area contributed by atoms with Crippen LogP contribution in [0.25, 0.3) is 0 Å². The second-order valence-corrected chi connectivity index (χ2v) is 1.13. The number of aliphatic carboxylic acids is 1. The van der Waals surface area contributed by atoms with Crippen LogP contribution in [0.3, 0.4) is 0 Å². The summed E-state index contributed by atoms with van der Waals surface area (Å²) in [6.07, 6.45) is 0. The van der Waals surface area contributed by atoms with Gasteiger partial charge in [-0.3, -0.25) is 4.79 Å². The van der Waals surface area contributed by atoms with Crippen LogP contribution >= 0.6 is 12.4 Å². The Bertz CT molecular complexity index is 64.0. The number of hydrogen-bond acceptors (Lipinski definition) is 2. The van der Waals surface area contributed by atoms with E-state index in [1.54, 1.807) is 0 Å². The first-order valence-electron chi connectivity index (χ1n) is 1.63. The van der Waals surface area contributed by atoms with Crippen LogP contribution in [0, 0.1) is 0 Å². The number of carboxylic acid groups (broad SMARTS) is 1. The van der Waals surface area contributed by atoms with Crippen LogP contribution in [0.1, 0.15) is 6.92 Å². The van der Waals surface area contributed by atoms with E-state index in [4.69, 9.17) is 10.8 Å². The van der Waals surface area contributed by atoms with Crippen LogP contribution < -0.4 is 5.73 Å². The molecule has 0 aliphatic heterocycles. The number of halogens is 1. The Morgan fingerprint density at radius 1 is 1.86 bits per heavy atom. The fraction of sp³-hybridized carbons (Fsp3) is 0.667. The molecule has 0 aromatic carbocycles. The molecule has 3 nitrogen and oxygen atoms in total. The largest absolute Gasteiger partial charge is 0.480 e. The van der Waals surface area contributed by atoms with E-state index in [0.717, 1.165) is 0 Å². The van der Waals surface area contributed by atoms with Crippen LogP contribution in [-0.2, 0) is 4.79 Å². The van der Waals surface area contributed by atoms with Crippen molar-refractivity contribution in [3.8, 4) is 0 Å². The quantitative estimate of drug-likeness (QED) is 0.512. The topological polar surface area (TPSA) is 63.3 Å². The van der Waals surface area contributed by atoms with E-state index in [0.29, 0.717) is 0 Å². The van der Waals surface area contributed by atoms with Crippen molar-refractivity contribution >= 4 is 18.4 Å². The lowest BCUT2D eigenvalue weighted by Crippen LogP contribution is -2.25. The van der Waals surface area contributed by atoms with Crippen LogP contribution in [0.15, 0.2) is 0 Å². The van der Waals surface area contributed by atoms with E-state index in [-0.39, 0.29) is 12.4 Å². The van der Waals surface area contributed by atoms with Crippen molar-refractivity contribution < 1.29 is 9.90 Å². The van der Waals surface area contributed by atoms with E-state index in [2.05, 4.69) is 0 Å². The molecule has 1 atom stereocenters. The third kappa shape index (κ3) is 5.72. The van der Waals surface area contributed by atoms with Gasteiger partial charge in [0.15, 0.2) is 0 Å². The van der Waals surface area contributed by atoms with Crippen molar-refractivity contribution in [3.63, 3.8) is 0 Å². The summed E-state index contributed by atoms with van der Waals surface area (Å²) in [6, 6.07) is -0.731. The van der Waals surface area contributed by atoms with Gasteiger partial charge in [0, 0.05) is 0 Å².